The van der Waals surface area contributed by atoms with E-state index >= 15 is 0 Å². The molecule has 134 valence electrons. The maximum atomic E-state index is 12.4. The Labute approximate surface area is 159 Å². The van der Waals surface area contributed by atoms with Crippen LogP contribution in [-0.4, -0.2) is 25.8 Å². The lowest BCUT2D eigenvalue weighted by Gasteiger charge is -2.10. The lowest BCUT2D eigenvalue weighted by Crippen LogP contribution is -2.21. The molecular formula is C19H16N6OS. The number of aromatic nitrogens is 4. The highest BCUT2D eigenvalue weighted by molar-refractivity contribution is 7.14. The van der Waals surface area contributed by atoms with E-state index in [0.29, 0.717) is 5.56 Å². The van der Waals surface area contributed by atoms with Crippen molar-refractivity contribution in [3.05, 3.63) is 77.7 Å². The molecule has 0 saturated carbocycles. The molecule has 7 nitrogen and oxygen atoms in total. The molecule has 0 unspecified atom stereocenters. The van der Waals surface area contributed by atoms with Crippen LogP contribution in [0.15, 0.2) is 66.6 Å². The Morgan fingerprint density at radius 1 is 1.07 bits per heavy atom. The number of thiazole rings is 1. The summed E-state index contributed by atoms with van der Waals surface area (Å²) in [5.74, 6) is -0.248. The van der Waals surface area contributed by atoms with Crippen LogP contribution in [0.4, 0.5) is 10.8 Å². The Hall–Kier alpha value is -3.52. The molecule has 0 spiro atoms. The van der Waals surface area contributed by atoms with Gasteiger partial charge in [-0.25, -0.2) is 9.66 Å². The Balaban J connectivity index is 1.54. The average molecular weight is 376 g/mol. The molecular weight excluding hydrogens is 360 g/mol. The molecule has 2 N–H and O–H groups in total. The Bertz CT molecular complexity index is 1060. The molecule has 1 amide bonds. The lowest BCUT2D eigenvalue weighted by molar-refractivity contribution is 0.101. The molecule has 2 heterocycles. The van der Waals surface area contributed by atoms with Crippen LogP contribution in [0.25, 0.3) is 11.3 Å². The molecule has 4 rings (SSSR count). The number of carbonyl (C=O) groups is 1. The number of carbonyl (C=O) groups excluding carboxylic acids is 1. The van der Waals surface area contributed by atoms with Crippen molar-refractivity contribution in [2.75, 3.05) is 10.7 Å². The third-order valence-corrected chi connectivity index (χ3v) is 4.72. The number of nitrogens with one attached hydrogen (secondary N) is 2. The third kappa shape index (κ3) is 3.85. The molecule has 0 fully saturated rings. The zero-order chi connectivity index (χ0) is 18.6. The molecule has 8 heteroatoms. The van der Waals surface area contributed by atoms with Gasteiger partial charge in [0.15, 0.2) is 5.13 Å². The highest BCUT2D eigenvalue weighted by Gasteiger charge is 2.11. The number of hydrogen-bond donors (Lipinski definition) is 2. The smallest absolute Gasteiger partial charge is 0.270 e. The van der Waals surface area contributed by atoms with Crippen LogP contribution in [-0.2, 0) is 0 Å². The van der Waals surface area contributed by atoms with Crippen molar-refractivity contribution in [2.45, 2.75) is 6.92 Å². The van der Waals surface area contributed by atoms with Crippen LogP contribution in [0, 0.1) is 6.92 Å². The molecule has 0 saturated heterocycles. The molecule has 4 aromatic rings. The first-order chi connectivity index (χ1) is 13.2. The normalized spacial score (nSPS) is 10.6. The maximum Gasteiger partial charge on any atom is 0.270 e. The van der Waals surface area contributed by atoms with Crippen molar-refractivity contribution in [2.24, 2.45) is 0 Å². The highest BCUT2D eigenvalue weighted by Crippen LogP contribution is 2.28. The Kier molecular flexibility index (Phi) is 4.63. The van der Waals surface area contributed by atoms with Gasteiger partial charge in [0.2, 0.25) is 0 Å². The zero-order valence-electron chi connectivity index (χ0n) is 14.5. The second kappa shape index (κ2) is 7.38. The predicted molar refractivity (Wildman–Crippen MR) is 106 cm³/mol. The topological polar surface area (TPSA) is 84.7 Å². The molecule has 0 bridgehead atoms. The fraction of sp³-hybridized carbons (Fsp3) is 0.0526. The fourth-order valence-corrected chi connectivity index (χ4v) is 3.26. The molecule has 2 aromatic carbocycles. The summed E-state index contributed by atoms with van der Waals surface area (Å²) >= 11 is 1.52. The largest absolute Gasteiger partial charge is 0.331 e. The summed E-state index contributed by atoms with van der Waals surface area (Å²) in [7, 11) is 0. The summed E-state index contributed by atoms with van der Waals surface area (Å²) in [6, 6.07) is 15.5. The highest BCUT2D eigenvalue weighted by atomic mass is 32.1. The second-order valence-electron chi connectivity index (χ2n) is 5.87. The van der Waals surface area contributed by atoms with Crippen LogP contribution in [0.3, 0.4) is 0 Å². The number of aryl methyl sites for hydroxylation is 1. The van der Waals surface area contributed by atoms with Crippen LogP contribution in [0.2, 0.25) is 0 Å². The van der Waals surface area contributed by atoms with Gasteiger partial charge in [-0.3, -0.25) is 10.2 Å². The Morgan fingerprint density at radius 3 is 2.63 bits per heavy atom. The second-order valence-corrected chi connectivity index (χ2v) is 6.73. The minimum absolute atomic E-state index is 0.248. The van der Waals surface area contributed by atoms with Crippen LogP contribution >= 0.6 is 11.3 Å². The summed E-state index contributed by atoms with van der Waals surface area (Å²) in [6.45, 7) is 1.98. The van der Waals surface area contributed by atoms with Gasteiger partial charge in [-0.05, 0) is 24.6 Å². The minimum Gasteiger partial charge on any atom is -0.331 e. The minimum atomic E-state index is -0.248. The number of benzene rings is 2. The van der Waals surface area contributed by atoms with Crippen molar-refractivity contribution >= 4 is 28.1 Å². The van der Waals surface area contributed by atoms with Gasteiger partial charge in [-0.15, -0.1) is 21.5 Å². The van der Waals surface area contributed by atoms with Crippen LogP contribution in [0.5, 0.6) is 0 Å². The van der Waals surface area contributed by atoms with E-state index in [-0.39, 0.29) is 5.91 Å². The summed E-state index contributed by atoms with van der Waals surface area (Å²) < 4.78 is 1.41. The van der Waals surface area contributed by atoms with Gasteiger partial charge >= 0.3 is 0 Å². The average Bonchev–Trinajstić information content (AvgIpc) is 3.36. The van der Waals surface area contributed by atoms with E-state index in [1.54, 1.807) is 12.1 Å². The number of anilines is 2. The van der Waals surface area contributed by atoms with Gasteiger partial charge in [-0.2, -0.15) is 0 Å². The molecule has 0 aliphatic rings. The SMILES string of the molecule is Cc1ccc(C(=O)Nn2cnnc2)cc1Nc1nc(-c2ccccc2)cs1. The molecule has 27 heavy (non-hydrogen) atoms. The lowest BCUT2D eigenvalue weighted by atomic mass is 10.1. The van der Waals surface area contributed by atoms with Crippen molar-refractivity contribution in [3.63, 3.8) is 0 Å². The number of amides is 1. The van der Waals surface area contributed by atoms with Gasteiger partial charge in [0.1, 0.15) is 12.7 Å². The zero-order valence-corrected chi connectivity index (χ0v) is 15.3. The quantitative estimate of drug-likeness (QED) is 0.553. The first kappa shape index (κ1) is 16.9. The van der Waals surface area contributed by atoms with E-state index in [1.165, 1.54) is 28.7 Å². The van der Waals surface area contributed by atoms with Gasteiger partial charge < -0.3 is 5.32 Å². The van der Waals surface area contributed by atoms with E-state index in [2.05, 4.69) is 25.9 Å². The molecule has 0 aliphatic heterocycles. The van der Waals surface area contributed by atoms with E-state index in [9.17, 15) is 4.79 Å². The van der Waals surface area contributed by atoms with Crippen molar-refractivity contribution < 1.29 is 4.79 Å². The van der Waals surface area contributed by atoms with Gasteiger partial charge in [0.25, 0.3) is 5.91 Å². The first-order valence-corrected chi connectivity index (χ1v) is 9.11. The fourth-order valence-electron chi connectivity index (χ4n) is 2.53. The molecule has 0 aliphatic carbocycles. The number of hydrogen-bond acceptors (Lipinski definition) is 6. The van der Waals surface area contributed by atoms with Crippen molar-refractivity contribution in [3.8, 4) is 11.3 Å². The summed E-state index contributed by atoms with van der Waals surface area (Å²) in [5, 5.41) is 13.4. The monoisotopic (exact) mass is 376 g/mol. The summed E-state index contributed by atoms with van der Waals surface area (Å²) in [6.07, 6.45) is 2.85. The Morgan fingerprint density at radius 2 is 1.85 bits per heavy atom. The predicted octanol–water partition coefficient (Wildman–Crippen LogP) is 3.84. The summed E-state index contributed by atoms with van der Waals surface area (Å²) in [5.41, 5.74) is 7.05. The summed E-state index contributed by atoms with van der Waals surface area (Å²) in [4.78, 5) is 17.0. The van der Waals surface area contributed by atoms with E-state index in [1.807, 2.05) is 48.7 Å². The van der Waals surface area contributed by atoms with Crippen LogP contribution in [0.1, 0.15) is 15.9 Å². The standard InChI is InChI=1S/C19H16N6OS/c1-13-7-8-15(18(26)24-25-11-20-21-12-25)9-16(13)22-19-23-17(10-27-19)14-5-3-2-4-6-14/h2-12H,1H3,(H,22,23)(H,24,26). The van der Waals surface area contributed by atoms with Crippen LogP contribution < -0.4 is 10.7 Å². The first-order valence-electron chi connectivity index (χ1n) is 8.23. The third-order valence-electron chi connectivity index (χ3n) is 3.96. The molecule has 0 atom stereocenters. The molecule has 2 aromatic heterocycles. The number of nitrogens with zero attached hydrogens (tertiary/aromatic N) is 4. The van der Waals surface area contributed by atoms with Crippen molar-refractivity contribution in [1.82, 2.24) is 19.9 Å². The van der Waals surface area contributed by atoms with Gasteiger partial charge in [-0.1, -0.05) is 36.4 Å². The van der Waals surface area contributed by atoms with Gasteiger partial charge in [0, 0.05) is 22.2 Å². The number of rotatable bonds is 5. The van der Waals surface area contributed by atoms with E-state index < -0.39 is 0 Å². The maximum absolute atomic E-state index is 12.4. The van der Waals surface area contributed by atoms with E-state index in [0.717, 1.165) is 27.6 Å². The van der Waals surface area contributed by atoms with Crippen molar-refractivity contribution in [1.29, 1.82) is 0 Å². The molecule has 0 radical (unpaired) electrons. The van der Waals surface area contributed by atoms with E-state index in [4.69, 9.17) is 0 Å². The van der Waals surface area contributed by atoms with Gasteiger partial charge in [0.05, 0.1) is 5.69 Å².